The fourth-order valence-electron chi connectivity index (χ4n) is 2.75. The molecule has 0 saturated carbocycles. The standard InChI is InChI=1S/C14H20N2O6S3/c1-7(19)9-11(20)16-10(13(21)22)8(25-12(9)16)6-24-14(23)15(2-4-17)3-5-18/h6-7,9-10,12,17-19H,2-5H2,1H3,(H,21,22)/t7-,9+,10?,12-/m1/s1. The monoisotopic (exact) mass is 408 g/mol. The molecule has 0 aliphatic carbocycles. The molecule has 2 aliphatic heterocycles. The molecule has 2 fully saturated rings. The lowest BCUT2D eigenvalue weighted by Gasteiger charge is -2.44. The number of rotatable bonds is 7. The van der Waals surface area contributed by atoms with Crippen LogP contribution in [0.25, 0.3) is 0 Å². The number of amides is 1. The third-order valence-corrected chi connectivity index (χ3v) is 6.86. The van der Waals surface area contributed by atoms with Crippen LogP contribution in [0, 0.1) is 5.92 Å². The molecule has 8 nitrogen and oxygen atoms in total. The number of aliphatic hydroxyl groups excluding tert-OH is 3. The topological polar surface area (TPSA) is 122 Å². The number of β-lactam (4-membered cyclic amide) rings is 1. The van der Waals surface area contributed by atoms with Crippen molar-refractivity contribution in [2.75, 3.05) is 26.3 Å². The minimum Gasteiger partial charge on any atom is -0.479 e. The molecule has 2 saturated heterocycles. The smallest absolute Gasteiger partial charge is 0.331 e. The maximum Gasteiger partial charge on any atom is 0.331 e. The number of fused-ring (bicyclic) bond motifs is 1. The van der Waals surface area contributed by atoms with E-state index in [0.29, 0.717) is 9.23 Å². The van der Waals surface area contributed by atoms with E-state index in [1.807, 2.05) is 0 Å². The van der Waals surface area contributed by atoms with Crippen LogP contribution in [0.3, 0.4) is 0 Å². The van der Waals surface area contributed by atoms with Gasteiger partial charge < -0.3 is 30.2 Å². The minimum absolute atomic E-state index is 0.121. The van der Waals surface area contributed by atoms with E-state index in [1.54, 1.807) is 10.3 Å². The number of carboxylic acid groups (broad SMARTS) is 1. The molecule has 0 aromatic rings. The van der Waals surface area contributed by atoms with E-state index in [1.165, 1.54) is 23.6 Å². The van der Waals surface area contributed by atoms with Crippen molar-refractivity contribution in [2.24, 2.45) is 5.92 Å². The van der Waals surface area contributed by atoms with Gasteiger partial charge in [0.05, 0.1) is 30.6 Å². The molecular formula is C14H20N2O6S3. The maximum absolute atomic E-state index is 12.1. The van der Waals surface area contributed by atoms with Gasteiger partial charge in [-0.1, -0.05) is 24.0 Å². The van der Waals surface area contributed by atoms with Crippen molar-refractivity contribution >= 4 is 51.9 Å². The fourth-order valence-corrected chi connectivity index (χ4v) is 5.57. The number of nitrogens with zero attached hydrogens (tertiary/aromatic N) is 2. The molecule has 1 amide bonds. The number of carbonyl (C=O) groups excluding carboxylic acids is 1. The van der Waals surface area contributed by atoms with Gasteiger partial charge in [0.1, 0.15) is 4.32 Å². The Bertz CT molecular complexity index is 579. The van der Waals surface area contributed by atoms with Crippen LogP contribution in [0.1, 0.15) is 6.92 Å². The predicted molar refractivity (Wildman–Crippen MR) is 98.8 cm³/mol. The largest absolute Gasteiger partial charge is 0.479 e. The molecule has 25 heavy (non-hydrogen) atoms. The minimum atomic E-state index is -1.13. The Morgan fingerprint density at radius 2 is 2.04 bits per heavy atom. The summed E-state index contributed by atoms with van der Waals surface area (Å²) in [4.78, 5) is 27.1. The number of hydrogen-bond acceptors (Lipinski definition) is 8. The summed E-state index contributed by atoms with van der Waals surface area (Å²) >= 11 is 7.61. The van der Waals surface area contributed by atoms with Crippen LogP contribution in [0.15, 0.2) is 10.3 Å². The second-order valence-electron chi connectivity index (χ2n) is 5.60. The molecule has 2 aliphatic rings. The molecule has 0 radical (unpaired) electrons. The van der Waals surface area contributed by atoms with Gasteiger partial charge in [0.15, 0.2) is 6.04 Å². The van der Waals surface area contributed by atoms with Gasteiger partial charge in [0.25, 0.3) is 0 Å². The van der Waals surface area contributed by atoms with Crippen LogP contribution in [0.5, 0.6) is 0 Å². The van der Waals surface area contributed by atoms with E-state index in [0.717, 1.165) is 11.8 Å². The first-order valence-electron chi connectivity index (χ1n) is 7.60. The average Bonchev–Trinajstić information content (AvgIpc) is 2.86. The summed E-state index contributed by atoms with van der Waals surface area (Å²) in [5, 5.41) is 38.4. The molecule has 4 atom stereocenters. The van der Waals surface area contributed by atoms with Gasteiger partial charge >= 0.3 is 5.97 Å². The quantitative estimate of drug-likeness (QED) is 0.324. The normalized spacial score (nSPS) is 27.8. The van der Waals surface area contributed by atoms with Gasteiger partial charge in [-0.3, -0.25) is 4.79 Å². The van der Waals surface area contributed by atoms with Crippen molar-refractivity contribution in [3.8, 4) is 0 Å². The van der Waals surface area contributed by atoms with E-state index in [4.69, 9.17) is 22.4 Å². The molecule has 4 N–H and O–H groups in total. The summed E-state index contributed by atoms with van der Waals surface area (Å²) in [5.74, 6) is -2.10. The Morgan fingerprint density at radius 1 is 1.44 bits per heavy atom. The first kappa shape index (κ1) is 20.5. The van der Waals surface area contributed by atoms with E-state index >= 15 is 0 Å². The number of hydrogen-bond donors (Lipinski definition) is 4. The highest BCUT2D eigenvalue weighted by Gasteiger charge is 2.60. The number of aliphatic hydroxyl groups is 3. The molecule has 0 bridgehead atoms. The maximum atomic E-state index is 12.1. The molecule has 0 aromatic carbocycles. The summed E-state index contributed by atoms with van der Waals surface area (Å²) in [7, 11) is 0. The lowest BCUT2D eigenvalue weighted by atomic mass is 9.91. The van der Waals surface area contributed by atoms with Gasteiger partial charge in [-0.05, 0) is 12.3 Å². The first-order valence-corrected chi connectivity index (χ1v) is 9.77. The van der Waals surface area contributed by atoms with E-state index in [2.05, 4.69) is 0 Å². The predicted octanol–water partition coefficient (Wildman–Crippen LogP) is -0.502. The zero-order valence-corrected chi connectivity index (χ0v) is 15.9. The van der Waals surface area contributed by atoms with Gasteiger partial charge in [-0.2, -0.15) is 0 Å². The van der Waals surface area contributed by atoms with Crippen LogP contribution in [0.2, 0.25) is 0 Å². The van der Waals surface area contributed by atoms with Crippen LogP contribution < -0.4 is 0 Å². The zero-order valence-electron chi connectivity index (χ0n) is 13.4. The number of carbonyl (C=O) groups is 2. The molecule has 140 valence electrons. The number of thiocarbonyl (C=S) groups is 1. The Labute approximate surface area is 158 Å². The second kappa shape index (κ2) is 8.69. The SMILES string of the molecule is C[C@@H](O)[C@H]1C(=O)N2C(C(=O)O)C(=CSC(=S)N(CCO)CCO)S[C@H]12. The lowest BCUT2D eigenvalue weighted by molar-refractivity contribution is -0.165. The summed E-state index contributed by atoms with van der Waals surface area (Å²) in [5.41, 5.74) is 0. The van der Waals surface area contributed by atoms with Crippen LogP contribution in [-0.2, 0) is 9.59 Å². The van der Waals surface area contributed by atoms with Crippen molar-refractivity contribution in [2.45, 2.75) is 24.4 Å². The third kappa shape index (κ3) is 4.12. The van der Waals surface area contributed by atoms with Crippen LogP contribution in [0.4, 0.5) is 0 Å². The summed E-state index contributed by atoms with van der Waals surface area (Å²) in [6, 6.07) is -1.07. The van der Waals surface area contributed by atoms with E-state index in [9.17, 15) is 19.8 Å². The Balaban J connectivity index is 2.12. The number of thioether (sulfide) groups is 2. The van der Waals surface area contributed by atoms with Gasteiger partial charge in [-0.15, -0.1) is 11.8 Å². The number of carboxylic acids is 1. The molecule has 0 aromatic heterocycles. The Kier molecular flexibility index (Phi) is 7.11. The molecular weight excluding hydrogens is 388 g/mol. The molecule has 1 unspecified atom stereocenters. The lowest BCUT2D eigenvalue weighted by Crippen LogP contribution is -2.63. The van der Waals surface area contributed by atoms with Gasteiger partial charge in [0, 0.05) is 18.0 Å². The highest BCUT2D eigenvalue weighted by atomic mass is 32.2. The highest BCUT2D eigenvalue weighted by molar-refractivity contribution is 8.25. The molecule has 0 spiro atoms. The highest BCUT2D eigenvalue weighted by Crippen LogP contribution is 2.51. The van der Waals surface area contributed by atoms with Crippen LogP contribution in [-0.4, -0.2) is 90.2 Å². The fraction of sp³-hybridized carbons (Fsp3) is 0.643. The Morgan fingerprint density at radius 3 is 2.52 bits per heavy atom. The zero-order chi connectivity index (χ0) is 18.7. The Hall–Kier alpha value is -0.850. The van der Waals surface area contributed by atoms with Crippen molar-refractivity contribution in [3.05, 3.63) is 10.3 Å². The number of aliphatic carboxylic acids is 1. The van der Waals surface area contributed by atoms with Crippen LogP contribution >= 0.6 is 35.7 Å². The summed E-state index contributed by atoms with van der Waals surface area (Å²) in [6.45, 7) is 1.81. The van der Waals surface area contributed by atoms with Crippen molar-refractivity contribution in [1.82, 2.24) is 9.80 Å². The third-order valence-electron chi connectivity index (χ3n) is 3.95. The first-order chi connectivity index (χ1) is 11.8. The van der Waals surface area contributed by atoms with Gasteiger partial charge in [-0.25, -0.2) is 4.79 Å². The van der Waals surface area contributed by atoms with E-state index in [-0.39, 0.29) is 37.6 Å². The van der Waals surface area contributed by atoms with E-state index < -0.39 is 24.0 Å². The van der Waals surface area contributed by atoms with Gasteiger partial charge in [0.2, 0.25) is 5.91 Å². The van der Waals surface area contributed by atoms with Crippen molar-refractivity contribution < 1.29 is 30.0 Å². The van der Waals surface area contributed by atoms with Crippen molar-refractivity contribution in [1.29, 1.82) is 0 Å². The second-order valence-corrected chi connectivity index (χ2v) is 8.29. The molecule has 2 heterocycles. The summed E-state index contributed by atoms with van der Waals surface area (Å²) < 4.78 is 0.396. The average molecular weight is 409 g/mol. The molecule has 11 heteroatoms. The van der Waals surface area contributed by atoms with Crippen molar-refractivity contribution in [3.63, 3.8) is 0 Å². The molecule has 2 rings (SSSR count). The summed E-state index contributed by atoms with van der Waals surface area (Å²) in [6.07, 6.45) is -0.839.